The lowest BCUT2D eigenvalue weighted by Crippen LogP contribution is -2.50. The number of piperazine rings is 1. The van der Waals surface area contributed by atoms with Crippen LogP contribution in [0.3, 0.4) is 0 Å². The molecule has 3 amide bonds. The molecule has 160 valence electrons. The van der Waals surface area contributed by atoms with E-state index in [1.165, 1.54) is 12.1 Å². The number of para-hydroxylation sites is 1. The Bertz CT molecular complexity index is 860. The van der Waals surface area contributed by atoms with Crippen LogP contribution >= 0.6 is 0 Å². The zero-order valence-corrected chi connectivity index (χ0v) is 17.5. The van der Waals surface area contributed by atoms with E-state index in [0.29, 0.717) is 5.69 Å². The summed E-state index contributed by atoms with van der Waals surface area (Å²) in [5.41, 5.74) is 1.80. The van der Waals surface area contributed by atoms with E-state index in [9.17, 15) is 14.0 Å². The van der Waals surface area contributed by atoms with Crippen molar-refractivity contribution in [2.75, 3.05) is 41.7 Å². The average molecular weight is 413 g/mol. The molecule has 0 atom stereocenters. The fourth-order valence-corrected chi connectivity index (χ4v) is 3.68. The van der Waals surface area contributed by atoms with Gasteiger partial charge in [0.05, 0.1) is 5.69 Å². The molecule has 0 spiro atoms. The molecule has 1 saturated heterocycles. The molecule has 7 heteroatoms. The predicted molar refractivity (Wildman–Crippen MR) is 118 cm³/mol. The predicted octanol–water partition coefficient (Wildman–Crippen LogP) is 4.55. The van der Waals surface area contributed by atoms with E-state index < -0.39 is 11.8 Å². The Labute approximate surface area is 177 Å². The number of benzene rings is 2. The van der Waals surface area contributed by atoms with E-state index in [4.69, 9.17) is 0 Å². The summed E-state index contributed by atoms with van der Waals surface area (Å²) in [6.45, 7) is 7.14. The van der Waals surface area contributed by atoms with Gasteiger partial charge in [-0.25, -0.2) is 9.18 Å². The highest BCUT2D eigenvalue weighted by Crippen LogP contribution is 2.21. The van der Waals surface area contributed by atoms with Crippen LogP contribution in [-0.4, -0.2) is 43.0 Å². The molecule has 2 aromatic rings. The number of rotatable bonds is 6. The fraction of sp³-hybridized carbons (Fsp3) is 0.391. The third-order valence-electron chi connectivity index (χ3n) is 5.54. The lowest BCUT2D eigenvalue weighted by Gasteiger charge is -2.37. The first-order chi connectivity index (χ1) is 14.5. The molecule has 0 aromatic heterocycles. The van der Waals surface area contributed by atoms with Crippen LogP contribution in [0.4, 0.5) is 26.2 Å². The number of nitrogens with zero attached hydrogens (tertiary/aromatic N) is 2. The average Bonchev–Trinajstić information content (AvgIpc) is 2.77. The molecular weight excluding hydrogens is 383 g/mol. The van der Waals surface area contributed by atoms with Gasteiger partial charge in [-0.1, -0.05) is 26.0 Å². The summed E-state index contributed by atoms with van der Waals surface area (Å²) in [5, 5.41) is 5.20. The number of carbonyl (C=O) groups excluding carboxylic acids is 2. The maximum Gasteiger partial charge on any atom is 0.323 e. The molecule has 6 nitrogen and oxygen atoms in total. The van der Waals surface area contributed by atoms with Gasteiger partial charge in [0, 0.05) is 43.5 Å². The summed E-state index contributed by atoms with van der Waals surface area (Å²) in [6.07, 6.45) is 1.77. The van der Waals surface area contributed by atoms with Crippen molar-refractivity contribution < 1.29 is 14.0 Å². The van der Waals surface area contributed by atoms with Crippen LogP contribution in [0.25, 0.3) is 0 Å². The van der Waals surface area contributed by atoms with Crippen LogP contribution in [0, 0.1) is 11.7 Å². The second-order valence-electron chi connectivity index (χ2n) is 7.43. The molecule has 1 aliphatic rings. The van der Waals surface area contributed by atoms with Crippen molar-refractivity contribution in [2.24, 2.45) is 5.92 Å². The SMILES string of the molecule is CCC(CC)C(=O)N1CCN(c2ccc(NC(=O)Nc3ccccc3F)cc2)CC1. The molecular formula is C23H29FN4O2. The summed E-state index contributed by atoms with van der Waals surface area (Å²) < 4.78 is 13.6. The first kappa shape index (κ1) is 21.6. The minimum absolute atomic E-state index is 0.123. The Balaban J connectivity index is 1.52. The number of hydrogen-bond donors (Lipinski definition) is 2. The second-order valence-corrected chi connectivity index (χ2v) is 7.43. The minimum atomic E-state index is -0.499. The van der Waals surface area contributed by atoms with Crippen LogP contribution in [0.5, 0.6) is 0 Å². The van der Waals surface area contributed by atoms with Crippen LogP contribution < -0.4 is 15.5 Å². The second kappa shape index (κ2) is 10.1. The lowest BCUT2D eigenvalue weighted by atomic mass is 10.0. The van der Waals surface area contributed by atoms with Gasteiger partial charge in [0.1, 0.15) is 5.82 Å². The van der Waals surface area contributed by atoms with E-state index >= 15 is 0 Å². The van der Waals surface area contributed by atoms with Crippen molar-refractivity contribution in [3.05, 3.63) is 54.3 Å². The standard InChI is InChI=1S/C23H29FN4O2/c1-3-17(4-2)22(29)28-15-13-27(14-16-28)19-11-9-18(10-12-19)25-23(30)26-21-8-6-5-7-20(21)24/h5-12,17H,3-4,13-16H2,1-2H3,(H2,25,26,30). The first-order valence-electron chi connectivity index (χ1n) is 10.5. The Kier molecular flexibility index (Phi) is 7.27. The van der Waals surface area contributed by atoms with Gasteiger partial charge >= 0.3 is 6.03 Å². The largest absolute Gasteiger partial charge is 0.368 e. The monoisotopic (exact) mass is 412 g/mol. The van der Waals surface area contributed by atoms with E-state index in [-0.39, 0.29) is 17.5 Å². The highest BCUT2D eigenvalue weighted by Gasteiger charge is 2.25. The minimum Gasteiger partial charge on any atom is -0.368 e. The molecule has 3 rings (SSSR count). The van der Waals surface area contributed by atoms with Gasteiger partial charge < -0.3 is 20.4 Å². The summed E-state index contributed by atoms with van der Waals surface area (Å²) in [4.78, 5) is 28.8. The molecule has 0 aliphatic carbocycles. The lowest BCUT2D eigenvalue weighted by molar-refractivity contribution is -0.136. The van der Waals surface area contributed by atoms with Crippen molar-refractivity contribution in [3.8, 4) is 0 Å². The number of halogens is 1. The Morgan fingerprint density at radius 2 is 1.57 bits per heavy atom. The molecule has 0 saturated carbocycles. The van der Waals surface area contributed by atoms with E-state index in [0.717, 1.165) is 44.7 Å². The number of amides is 3. The molecule has 2 aromatic carbocycles. The maximum atomic E-state index is 13.6. The van der Waals surface area contributed by atoms with E-state index in [2.05, 4.69) is 29.4 Å². The zero-order chi connectivity index (χ0) is 21.5. The zero-order valence-electron chi connectivity index (χ0n) is 17.5. The number of carbonyl (C=O) groups is 2. The summed E-state index contributed by atoms with van der Waals surface area (Å²) in [6, 6.07) is 13.0. The van der Waals surface area contributed by atoms with Crippen molar-refractivity contribution in [1.82, 2.24) is 4.90 Å². The van der Waals surface area contributed by atoms with Gasteiger partial charge in [-0.3, -0.25) is 4.79 Å². The normalized spacial score (nSPS) is 14.0. The van der Waals surface area contributed by atoms with Gasteiger partial charge in [0.2, 0.25) is 5.91 Å². The molecule has 0 unspecified atom stereocenters. The smallest absolute Gasteiger partial charge is 0.323 e. The summed E-state index contributed by atoms with van der Waals surface area (Å²) >= 11 is 0. The molecule has 30 heavy (non-hydrogen) atoms. The molecule has 1 aliphatic heterocycles. The quantitative estimate of drug-likeness (QED) is 0.731. The number of anilines is 3. The molecule has 0 bridgehead atoms. The van der Waals surface area contributed by atoms with Crippen molar-refractivity contribution >= 4 is 29.0 Å². The van der Waals surface area contributed by atoms with Crippen molar-refractivity contribution in [3.63, 3.8) is 0 Å². The topological polar surface area (TPSA) is 64.7 Å². The Morgan fingerprint density at radius 3 is 2.17 bits per heavy atom. The third-order valence-corrected chi connectivity index (χ3v) is 5.54. The highest BCUT2D eigenvalue weighted by atomic mass is 19.1. The van der Waals surface area contributed by atoms with Gasteiger partial charge in [0.25, 0.3) is 0 Å². The molecule has 1 heterocycles. The van der Waals surface area contributed by atoms with Crippen LogP contribution in [0.2, 0.25) is 0 Å². The van der Waals surface area contributed by atoms with Gasteiger partial charge in [-0.2, -0.15) is 0 Å². The van der Waals surface area contributed by atoms with Crippen molar-refractivity contribution in [2.45, 2.75) is 26.7 Å². The number of urea groups is 1. The Hall–Kier alpha value is -3.09. The third kappa shape index (κ3) is 5.28. The van der Waals surface area contributed by atoms with Crippen LogP contribution in [0.1, 0.15) is 26.7 Å². The van der Waals surface area contributed by atoms with Crippen molar-refractivity contribution in [1.29, 1.82) is 0 Å². The fourth-order valence-electron chi connectivity index (χ4n) is 3.68. The van der Waals surface area contributed by atoms with E-state index in [1.54, 1.807) is 12.1 Å². The van der Waals surface area contributed by atoms with Gasteiger partial charge in [-0.15, -0.1) is 0 Å². The van der Waals surface area contributed by atoms with Gasteiger partial charge in [0.15, 0.2) is 0 Å². The molecule has 1 fully saturated rings. The van der Waals surface area contributed by atoms with Crippen LogP contribution in [0.15, 0.2) is 48.5 Å². The number of nitrogens with one attached hydrogen (secondary N) is 2. The van der Waals surface area contributed by atoms with Crippen LogP contribution in [-0.2, 0) is 4.79 Å². The summed E-state index contributed by atoms with van der Waals surface area (Å²) in [7, 11) is 0. The molecule has 0 radical (unpaired) electrons. The molecule has 2 N–H and O–H groups in total. The number of hydrogen-bond acceptors (Lipinski definition) is 3. The Morgan fingerprint density at radius 1 is 0.933 bits per heavy atom. The summed E-state index contributed by atoms with van der Waals surface area (Å²) in [5.74, 6) is -0.0951. The van der Waals surface area contributed by atoms with E-state index in [1.807, 2.05) is 29.2 Å². The highest BCUT2D eigenvalue weighted by molar-refractivity contribution is 5.99. The first-order valence-corrected chi connectivity index (χ1v) is 10.5. The maximum absolute atomic E-state index is 13.6. The van der Waals surface area contributed by atoms with Gasteiger partial charge in [-0.05, 0) is 49.2 Å².